The molecule has 0 radical (unpaired) electrons. The highest BCUT2D eigenvalue weighted by atomic mass is 16.3. The average molecular weight is 295 g/mol. The molecule has 1 aliphatic heterocycles. The summed E-state index contributed by atoms with van der Waals surface area (Å²) in [5.74, 6) is 1.95. The number of carbonyl (C=O) groups excluding carboxylic acids is 1. The number of aryl methyl sites for hydroxylation is 1. The Balaban J connectivity index is 2.01. The molecule has 21 heavy (non-hydrogen) atoms. The predicted molar refractivity (Wildman–Crippen MR) is 78.9 cm³/mol. The van der Waals surface area contributed by atoms with Crippen LogP contribution in [0.2, 0.25) is 0 Å². The van der Waals surface area contributed by atoms with Crippen LogP contribution in [0, 0.1) is 0 Å². The second-order valence-corrected chi connectivity index (χ2v) is 5.93. The monoisotopic (exact) mass is 295 g/mol. The number of urea groups is 1. The number of hydrogen-bond donors (Lipinski definition) is 3. The maximum Gasteiger partial charge on any atom is 0.315 e. The fourth-order valence-electron chi connectivity index (χ4n) is 2.44. The fourth-order valence-corrected chi connectivity index (χ4v) is 2.44. The fraction of sp³-hybridized carbons (Fsp3) is 0.786. The van der Waals surface area contributed by atoms with Crippen molar-refractivity contribution in [1.82, 2.24) is 25.4 Å². The van der Waals surface area contributed by atoms with E-state index in [4.69, 9.17) is 5.11 Å². The van der Waals surface area contributed by atoms with E-state index in [2.05, 4.69) is 34.6 Å². The smallest absolute Gasteiger partial charge is 0.315 e. The van der Waals surface area contributed by atoms with E-state index >= 15 is 0 Å². The molecule has 2 heterocycles. The van der Waals surface area contributed by atoms with Gasteiger partial charge in [0, 0.05) is 25.1 Å². The number of rotatable bonds is 5. The zero-order valence-corrected chi connectivity index (χ0v) is 13.0. The van der Waals surface area contributed by atoms with Gasteiger partial charge in [-0.2, -0.15) is 5.10 Å². The third-order valence-electron chi connectivity index (χ3n) is 3.65. The third kappa shape index (κ3) is 3.93. The number of aromatic nitrogens is 3. The first-order valence-electron chi connectivity index (χ1n) is 7.63. The van der Waals surface area contributed by atoms with E-state index in [1.54, 1.807) is 0 Å². The van der Waals surface area contributed by atoms with E-state index in [0.29, 0.717) is 6.42 Å². The van der Waals surface area contributed by atoms with Crippen molar-refractivity contribution in [3.63, 3.8) is 0 Å². The lowest BCUT2D eigenvalue weighted by molar-refractivity contribution is 0.224. The molecule has 7 nitrogen and oxygen atoms in total. The van der Waals surface area contributed by atoms with Gasteiger partial charge in [0.1, 0.15) is 5.82 Å². The van der Waals surface area contributed by atoms with Gasteiger partial charge < -0.3 is 15.7 Å². The minimum Gasteiger partial charge on any atom is -0.396 e. The first-order valence-corrected chi connectivity index (χ1v) is 7.63. The predicted octanol–water partition coefficient (Wildman–Crippen LogP) is 1.31. The van der Waals surface area contributed by atoms with Gasteiger partial charge in [0.15, 0.2) is 5.82 Å². The Hall–Kier alpha value is -1.63. The van der Waals surface area contributed by atoms with Crippen molar-refractivity contribution >= 4 is 6.03 Å². The van der Waals surface area contributed by atoms with Crippen LogP contribution in [0.15, 0.2) is 0 Å². The van der Waals surface area contributed by atoms with Crippen LogP contribution in [0.3, 0.4) is 0 Å². The molecular weight excluding hydrogens is 270 g/mol. The van der Waals surface area contributed by atoms with Crippen molar-refractivity contribution in [3.8, 4) is 0 Å². The van der Waals surface area contributed by atoms with E-state index in [9.17, 15) is 4.79 Å². The van der Waals surface area contributed by atoms with Crippen LogP contribution >= 0.6 is 0 Å². The van der Waals surface area contributed by atoms with E-state index in [-0.39, 0.29) is 30.6 Å². The third-order valence-corrected chi connectivity index (χ3v) is 3.65. The Morgan fingerprint density at radius 3 is 2.90 bits per heavy atom. The first kappa shape index (κ1) is 15.8. The van der Waals surface area contributed by atoms with Crippen molar-refractivity contribution in [3.05, 3.63) is 11.6 Å². The highest BCUT2D eigenvalue weighted by Crippen LogP contribution is 2.24. The maximum absolute atomic E-state index is 12.0. The molecule has 1 aromatic rings. The molecule has 0 aliphatic carbocycles. The van der Waals surface area contributed by atoms with Gasteiger partial charge in [-0.3, -0.25) is 0 Å². The summed E-state index contributed by atoms with van der Waals surface area (Å²) in [7, 11) is 0. The van der Waals surface area contributed by atoms with Crippen LogP contribution in [-0.4, -0.2) is 38.6 Å². The average Bonchev–Trinajstić information content (AvgIpc) is 2.84. The summed E-state index contributed by atoms with van der Waals surface area (Å²) in [6, 6.07) is -0.369. The molecule has 0 aromatic carbocycles. The van der Waals surface area contributed by atoms with Crippen LogP contribution in [0.1, 0.15) is 63.6 Å². The number of aliphatic hydroxyl groups excluding tert-OH is 1. The zero-order chi connectivity index (χ0) is 15.4. The largest absolute Gasteiger partial charge is 0.396 e. The van der Waals surface area contributed by atoms with Crippen molar-refractivity contribution in [2.45, 2.75) is 64.6 Å². The lowest BCUT2D eigenvalue weighted by Gasteiger charge is -2.24. The van der Waals surface area contributed by atoms with Crippen LogP contribution < -0.4 is 10.6 Å². The number of fused-ring (bicyclic) bond motifs is 1. The molecule has 0 saturated carbocycles. The molecule has 3 N–H and O–H groups in total. The Morgan fingerprint density at radius 1 is 1.48 bits per heavy atom. The number of aliphatic hydroxyl groups is 1. The van der Waals surface area contributed by atoms with Gasteiger partial charge in [-0.1, -0.05) is 13.8 Å². The lowest BCUT2D eigenvalue weighted by Crippen LogP contribution is -2.44. The highest BCUT2D eigenvalue weighted by molar-refractivity contribution is 5.74. The SMILES string of the molecule is CC(C)c1nc2n(n1)CCCC2NC(=O)N[C@H](C)CCO. The van der Waals surface area contributed by atoms with Gasteiger partial charge in [0.25, 0.3) is 0 Å². The van der Waals surface area contributed by atoms with Gasteiger partial charge in [-0.05, 0) is 26.2 Å². The highest BCUT2D eigenvalue weighted by Gasteiger charge is 2.26. The van der Waals surface area contributed by atoms with Crippen molar-refractivity contribution in [2.24, 2.45) is 0 Å². The molecule has 0 fully saturated rings. The van der Waals surface area contributed by atoms with Crippen LogP contribution in [-0.2, 0) is 6.54 Å². The van der Waals surface area contributed by atoms with Gasteiger partial charge in [0.05, 0.1) is 6.04 Å². The number of nitrogens with zero attached hydrogens (tertiary/aromatic N) is 3. The Morgan fingerprint density at radius 2 is 2.24 bits per heavy atom. The number of nitrogens with one attached hydrogen (secondary N) is 2. The van der Waals surface area contributed by atoms with Crippen molar-refractivity contribution in [2.75, 3.05) is 6.61 Å². The first-order chi connectivity index (χ1) is 10.0. The molecular formula is C14H25N5O2. The van der Waals surface area contributed by atoms with Crippen LogP contribution in [0.5, 0.6) is 0 Å². The number of carbonyl (C=O) groups is 1. The Labute approximate surface area is 125 Å². The zero-order valence-electron chi connectivity index (χ0n) is 13.0. The minimum atomic E-state index is -0.219. The molecule has 1 aromatic heterocycles. The van der Waals surface area contributed by atoms with Gasteiger partial charge >= 0.3 is 6.03 Å². The Bertz CT molecular complexity index is 486. The van der Waals surface area contributed by atoms with Crippen LogP contribution in [0.25, 0.3) is 0 Å². The molecule has 118 valence electrons. The summed E-state index contributed by atoms with van der Waals surface area (Å²) in [6.07, 6.45) is 2.40. The summed E-state index contributed by atoms with van der Waals surface area (Å²) in [4.78, 5) is 16.6. The molecule has 0 saturated heterocycles. The number of hydrogen-bond acceptors (Lipinski definition) is 4. The normalized spacial score (nSPS) is 19.2. The van der Waals surface area contributed by atoms with E-state index < -0.39 is 0 Å². The molecule has 1 unspecified atom stereocenters. The molecule has 0 spiro atoms. The summed E-state index contributed by atoms with van der Waals surface area (Å²) < 4.78 is 1.90. The topological polar surface area (TPSA) is 92.1 Å². The van der Waals surface area contributed by atoms with E-state index in [0.717, 1.165) is 31.0 Å². The minimum absolute atomic E-state index is 0.0531. The molecule has 2 atom stereocenters. The molecule has 7 heteroatoms. The van der Waals surface area contributed by atoms with Gasteiger partial charge in [0.2, 0.25) is 0 Å². The van der Waals surface area contributed by atoms with Crippen LogP contribution in [0.4, 0.5) is 4.79 Å². The second-order valence-electron chi connectivity index (χ2n) is 5.93. The van der Waals surface area contributed by atoms with E-state index in [1.165, 1.54) is 0 Å². The Kier molecular flexibility index (Phi) is 5.17. The molecule has 2 amide bonds. The quantitative estimate of drug-likeness (QED) is 0.763. The standard InChI is InChI=1S/C14H25N5O2/c1-9(2)12-17-13-11(5-4-7-19(13)18-12)16-14(21)15-10(3)6-8-20/h9-11,20H,4-8H2,1-3H3,(H2,15,16,21)/t10-,11?/m1/s1. The molecule has 1 aliphatic rings. The lowest BCUT2D eigenvalue weighted by atomic mass is 10.1. The summed E-state index contributed by atoms with van der Waals surface area (Å²) >= 11 is 0. The second kappa shape index (κ2) is 6.89. The van der Waals surface area contributed by atoms with E-state index in [1.807, 2.05) is 11.6 Å². The van der Waals surface area contributed by atoms with Gasteiger partial charge in [-0.15, -0.1) is 0 Å². The molecule has 0 bridgehead atoms. The summed E-state index contributed by atoms with van der Waals surface area (Å²) in [5, 5.41) is 19.1. The molecule has 2 rings (SSSR count). The van der Waals surface area contributed by atoms with Gasteiger partial charge in [-0.25, -0.2) is 14.5 Å². The van der Waals surface area contributed by atoms with Crippen molar-refractivity contribution < 1.29 is 9.90 Å². The summed E-state index contributed by atoms with van der Waals surface area (Å²) in [6.45, 7) is 6.92. The summed E-state index contributed by atoms with van der Waals surface area (Å²) in [5.41, 5.74) is 0. The number of amides is 2. The maximum atomic E-state index is 12.0. The van der Waals surface area contributed by atoms with Crippen molar-refractivity contribution in [1.29, 1.82) is 0 Å².